The van der Waals surface area contributed by atoms with E-state index in [-0.39, 0.29) is 12.3 Å². The molecule has 7 heteroatoms. The molecule has 0 aliphatic heterocycles. The number of carboxylic acids is 1. The number of nitrogens with one attached hydrogen (secondary N) is 1. The third kappa shape index (κ3) is 7.12. The zero-order valence-electron chi connectivity index (χ0n) is 17.3. The van der Waals surface area contributed by atoms with Crippen molar-refractivity contribution in [2.24, 2.45) is 0 Å². The molecule has 160 valence electrons. The smallest absolute Gasteiger partial charge is 0.262 e. The summed E-state index contributed by atoms with van der Waals surface area (Å²) in [6, 6.07) is 10.3. The number of halogens is 1. The highest BCUT2D eigenvalue weighted by molar-refractivity contribution is 6.32. The molecule has 2 aromatic carbocycles. The number of carboxylic acid groups (broad SMARTS) is 1. The maximum absolute atomic E-state index is 12.1. The molecule has 0 aliphatic carbocycles. The van der Waals surface area contributed by atoms with Gasteiger partial charge in [-0.15, -0.1) is 0 Å². The first-order valence-electron chi connectivity index (χ1n) is 9.65. The van der Waals surface area contributed by atoms with Gasteiger partial charge in [-0.1, -0.05) is 37.1 Å². The molecule has 0 saturated heterocycles. The zero-order valence-corrected chi connectivity index (χ0v) is 18.0. The van der Waals surface area contributed by atoms with Crippen LogP contribution in [-0.2, 0) is 9.59 Å². The maximum atomic E-state index is 12.1. The van der Waals surface area contributed by atoms with Crippen molar-refractivity contribution in [3.05, 3.63) is 63.8 Å². The van der Waals surface area contributed by atoms with E-state index in [2.05, 4.69) is 12.2 Å². The van der Waals surface area contributed by atoms with E-state index in [1.54, 1.807) is 36.4 Å². The second-order valence-corrected chi connectivity index (χ2v) is 7.20. The number of aliphatic carboxylic acids is 1. The Kier molecular flexibility index (Phi) is 8.74. The van der Waals surface area contributed by atoms with Crippen molar-refractivity contribution in [2.75, 3.05) is 13.2 Å². The van der Waals surface area contributed by atoms with Gasteiger partial charge < -0.3 is 24.7 Å². The Balaban J connectivity index is 1.99. The van der Waals surface area contributed by atoms with Gasteiger partial charge in [0, 0.05) is 5.02 Å². The number of aryl methyl sites for hydroxylation is 2. The standard InChI is InChI=1S/C23H26ClNO5/c1-4-5-10-29-18-8-6-17(7-9-18)13-20(23(27)28)25-21(26)14-30-19-11-15(2)22(24)16(3)12-19/h6-9,11-13H,4-5,10,14H2,1-3H3,(H,25,26)(H,27,28)/p-1/b20-13+. The van der Waals surface area contributed by atoms with Crippen LogP contribution in [0.4, 0.5) is 0 Å². The highest BCUT2D eigenvalue weighted by atomic mass is 35.5. The van der Waals surface area contributed by atoms with Gasteiger partial charge in [0.15, 0.2) is 6.61 Å². The number of unbranched alkanes of at least 4 members (excludes halogenated alkanes) is 1. The number of carbonyl (C=O) groups excluding carboxylic acids is 2. The number of ether oxygens (including phenoxy) is 2. The summed E-state index contributed by atoms with van der Waals surface area (Å²) < 4.78 is 11.0. The highest BCUT2D eigenvalue weighted by Crippen LogP contribution is 2.25. The minimum absolute atomic E-state index is 0.352. The minimum atomic E-state index is -1.50. The summed E-state index contributed by atoms with van der Waals surface area (Å²) in [5.41, 5.74) is 1.88. The maximum Gasteiger partial charge on any atom is 0.262 e. The van der Waals surface area contributed by atoms with E-state index in [1.165, 1.54) is 6.08 Å². The summed E-state index contributed by atoms with van der Waals surface area (Å²) in [4.78, 5) is 23.6. The average Bonchev–Trinajstić information content (AvgIpc) is 2.71. The summed E-state index contributed by atoms with van der Waals surface area (Å²) >= 11 is 6.11. The van der Waals surface area contributed by atoms with Gasteiger partial charge in [-0.2, -0.15) is 0 Å². The van der Waals surface area contributed by atoms with E-state index >= 15 is 0 Å². The molecule has 0 heterocycles. The average molecular weight is 431 g/mol. The fourth-order valence-electron chi connectivity index (χ4n) is 2.63. The van der Waals surface area contributed by atoms with Crippen LogP contribution >= 0.6 is 11.6 Å². The van der Waals surface area contributed by atoms with E-state index in [0.717, 1.165) is 24.0 Å². The van der Waals surface area contributed by atoms with Gasteiger partial charge in [0.25, 0.3) is 5.91 Å². The van der Waals surface area contributed by atoms with Crippen molar-refractivity contribution < 1.29 is 24.2 Å². The summed E-state index contributed by atoms with van der Waals surface area (Å²) in [5.74, 6) is -0.941. The Morgan fingerprint density at radius 2 is 1.70 bits per heavy atom. The third-order valence-corrected chi connectivity index (χ3v) is 4.83. The fourth-order valence-corrected chi connectivity index (χ4v) is 2.74. The molecule has 0 saturated carbocycles. The van der Waals surface area contributed by atoms with Gasteiger partial charge in [-0.05, 0) is 67.3 Å². The van der Waals surface area contributed by atoms with E-state index in [0.29, 0.717) is 28.7 Å². The highest BCUT2D eigenvalue weighted by Gasteiger charge is 2.09. The molecule has 0 unspecified atom stereocenters. The van der Waals surface area contributed by atoms with Crippen LogP contribution < -0.4 is 19.9 Å². The Labute approximate surface area is 181 Å². The molecule has 30 heavy (non-hydrogen) atoms. The Morgan fingerprint density at radius 3 is 2.27 bits per heavy atom. The number of rotatable bonds is 10. The van der Waals surface area contributed by atoms with Crippen LogP contribution in [0.15, 0.2) is 42.1 Å². The first kappa shape index (κ1) is 23.3. The lowest BCUT2D eigenvalue weighted by Crippen LogP contribution is -2.37. The molecular weight excluding hydrogens is 406 g/mol. The molecule has 0 radical (unpaired) electrons. The molecule has 1 N–H and O–H groups in total. The monoisotopic (exact) mass is 430 g/mol. The largest absolute Gasteiger partial charge is 0.543 e. The molecule has 0 aliphatic rings. The lowest BCUT2D eigenvalue weighted by atomic mass is 10.1. The number of benzene rings is 2. The van der Waals surface area contributed by atoms with Crippen LogP contribution in [0.3, 0.4) is 0 Å². The number of hydrogen-bond acceptors (Lipinski definition) is 5. The lowest BCUT2D eigenvalue weighted by molar-refractivity contribution is -0.299. The van der Waals surface area contributed by atoms with Crippen LogP contribution in [0.1, 0.15) is 36.5 Å². The van der Waals surface area contributed by atoms with Gasteiger partial charge in [-0.25, -0.2) is 0 Å². The number of hydrogen-bond donors (Lipinski definition) is 1. The first-order chi connectivity index (χ1) is 14.3. The molecule has 6 nitrogen and oxygen atoms in total. The quantitative estimate of drug-likeness (QED) is 0.461. The second-order valence-electron chi connectivity index (χ2n) is 6.82. The van der Waals surface area contributed by atoms with Gasteiger partial charge in [0.1, 0.15) is 11.5 Å². The molecule has 0 spiro atoms. The molecule has 0 bridgehead atoms. The van der Waals surface area contributed by atoms with Crippen molar-refractivity contribution >= 4 is 29.6 Å². The Bertz CT molecular complexity index is 899. The van der Waals surface area contributed by atoms with Gasteiger partial charge in [-0.3, -0.25) is 4.79 Å². The van der Waals surface area contributed by atoms with Crippen molar-refractivity contribution in [1.82, 2.24) is 5.32 Å². The minimum Gasteiger partial charge on any atom is -0.543 e. The molecule has 0 fully saturated rings. The predicted molar refractivity (Wildman–Crippen MR) is 114 cm³/mol. The van der Waals surface area contributed by atoms with Crippen molar-refractivity contribution in [3.8, 4) is 11.5 Å². The van der Waals surface area contributed by atoms with Crippen LogP contribution in [0.25, 0.3) is 6.08 Å². The molecule has 2 aromatic rings. The second kappa shape index (κ2) is 11.3. The Hall–Kier alpha value is -2.99. The fraction of sp³-hybridized carbons (Fsp3) is 0.304. The Morgan fingerprint density at radius 1 is 1.07 bits per heavy atom. The van der Waals surface area contributed by atoms with E-state index in [1.807, 2.05) is 13.8 Å². The number of amides is 1. The van der Waals surface area contributed by atoms with E-state index in [4.69, 9.17) is 21.1 Å². The molecular formula is C23H25ClNO5-. The van der Waals surface area contributed by atoms with Crippen molar-refractivity contribution in [1.29, 1.82) is 0 Å². The van der Waals surface area contributed by atoms with Gasteiger partial charge in [0.05, 0.1) is 18.3 Å². The van der Waals surface area contributed by atoms with Gasteiger partial charge in [0.2, 0.25) is 0 Å². The van der Waals surface area contributed by atoms with Gasteiger partial charge >= 0.3 is 0 Å². The molecule has 0 atom stereocenters. The number of carbonyl (C=O) groups is 2. The van der Waals surface area contributed by atoms with Crippen molar-refractivity contribution in [3.63, 3.8) is 0 Å². The van der Waals surface area contributed by atoms with Crippen LogP contribution in [-0.4, -0.2) is 25.1 Å². The lowest BCUT2D eigenvalue weighted by Gasteiger charge is -2.13. The zero-order chi connectivity index (χ0) is 22.1. The molecule has 1 amide bonds. The predicted octanol–water partition coefficient (Wildman–Crippen LogP) is 3.42. The topological polar surface area (TPSA) is 87.7 Å². The normalized spacial score (nSPS) is 11.1. The third-order valence-electron chi connectivity index (χ3n) is 4.23. The van der Waals surface area contributed by atoms with Crippen molar-refractivity contribution in [2.45, 2.75) is 33.6 Å². The SMILES string of the molecule is CCCCOc1ccc(/C=C(/NC(=O)COc2cc(C)c(Cl)c(C)c2)C(=O)[O-])cc1. The van der Waals surface area contributed by atoms with Crippen LogP contribution in [0.2, 0.25) is 5.02 Å². The van der Waals surface area contributed by atoms with E-state index in [9.17, 15) is 14.7 Å². The molecule has 2 rings (SSSR count). The van der Waals surface area contributed by atoms with Crippen LogP contribution in [0, 0.1) is 13.8 Å². The van der Waals surface area contributed by atoms with Crippen LogP contribution in [0.5, 0.6) is 11.5 Å². The summed E-state index contributed by atoms with van der Waals surface area (Å²) in [6.07, 6.45) is 3.32. The first-order valence-corrected chi connectivity index (χ1v) is 10.0. The summed E-state index contributed by atoms with van der Waals surface area (Å²) in [6.45, 7) is 6.02. The summed E-state index contributed by atoms with van der Waals surface area (Å²) in [5, 5.41) is 14.4. The summed E-state index contributed by atoms with van der Waals surface area (Å²) in [7, 11) is 0. The van der Waals surface area contributed by atoms with E-state index < -0.39 is 11.9 Å². The molecule has 0 aromatic heterocycles.